The maximum Gasteiger partial charge on any atom is 0.254 e. The molecule has 122 valence electrons. The van der Waals surface area contributed by atoms with E-state index in [0.717, 1.165) is 41.9 Å². The highest BCUT2D eigenvalue weighted by Gasteiger charge is 2.23. The summed E-state index contributed by atoms with van der Waals surface area (Å²) in [5, 5.41) is 3.31. The fourth-order valence-corrected chi connectivity index (χ4v) is 3.24. The molecular formula is C19H20N4O. The number of fused-ring (bicyclic) bond motifs is 1. The zero-order valence-electron chi connectivity index (χ0n) is 13.6. The van der Waals surface area contributed by atoms with Crippen molar-refractivity contribution in [1.82, 2.24) is 19.8 Å². The van der Waals surface area contributed by atoms with Crippen molar-refractivity contribution in [2.24, 2.45) is 0 Å². The number of benzene rings is 2. The molecule has 4 rings (SSSR count). The van der Waals surface area contributed by atoms with E-state index in [2.05, 4.69) is 17.2 Å². The van der Waals surface area contributed by atoms with E-state index < -0.39 is 0 Å². The highest BCUT2D eigenvalue weighted by molar-refractivity contribution is 5.94. The summed E-state index contributed by atoms with van der Waals surface area (Å²) >= 11 is 0. The lowest BCUT2D eigenvalue weighted by Crippen LogP contribution is -2.52. The predicted octanol–water partition coefficient (Wildman–Crippen LogP) is 2.46. The van der Waals surface area contributed by atoms with Crippen LogP contribution in [-0.4, -0.2) is 46.0 Å². The maximum absolute atomic E-state index is 12.7. The van der Waals surface area contributed by atoms with E-state index in [9.17, 15) is 4.79 Å². The van der Waals surface area contributed by atoms with Crippen LogP contribution in [0.15, 0.2) is 54.9 Å². The number of hydrogen-bond acceptors (Lipinski definition) is 3. The summed E-state index contributed by atoms with van der Waals surface area (Å²) in [6, 6.07) is 16.0. The van der Waals surface area contributed by atoms with Gasteiger partial charge in [-0.05, 0) is 43.3 Å². The van der Waals surface area contributed by atoms with Gasteiger partial charge in [0, 0.05) is 36.9 Å². The first kappa shape index (κ1) is 14.9. The average molecular weight is 320 g/mol. The maximum atomic E-state index is 12.7. The van der Waals surface area contributed by atoms with Gasteiger partial charge in [-0.2, -0.15) is 0 Å². The Morgan fingerprint density at radius 1 is 1.17 bits per heavy atom. The lowest BCUT2D eigenvalue weighted by molar-refractivity contribution is 0.0656. The van der Waals surface area contributed by atoms with E-state index in [1.54, 1.807) is 0 Å². The summed E-state index contributed by atoms with van der Waals surface area (Å²) in [5.41, 5.74) is 3.77. The molecule has 1 N–H and O–H groups in total. The Hall–Kier alpha value is -2.66. The second-order valence-electron chi connectivity index (χ2n) is 6.20. The standard InChI is InChI=1S/C19H20N4O/c1-14-12-20-10-11-22(14)19(24)15-6-8-16(9-7-15)23-13-21-17-4-2-3-5-18(17)23/h2-9,13-14,20H,10-12H2,1H3/t14-/m1/s1. The molecule has 1 amide bonds. The molecule has 0 radical (unpaired) electrons. The molecular weight excluding hydrogens is 300 g/mol. The van der Waals surface area contributed by atoms with Crippen LogP contribution in [0.3, 0.4) is 0 Å². The highest BCUT2D eigenvalue weighted by atomic mass is 16.2. The molecule has 0 saturated carbocycles. The van der Waals surface area contributed by atoms with Crippen molar-refractivity contribution in [1.29, 1.82) is 0 Å². The number of carbonyl (C=O) groups excluding carboxylic acids is 1. The quantitative estimate of drug-likeness (QED) is 0.789. The van der Waals surface area contributed by atoms with Gasteiger partial charge in [0.15, 0.2) is 0 Å². The molecule has 1 aromatic heterocycles. The Morgan fingerprint density at radius 3 is 2.75 bits per heavy atom. The van der Waals surface area contributed by atoms with Crippen LogP contribution in [0.1, 0.15) is 17.3 Å². The molecule has 5 nitrogen and oxygen atoms in total. The summed E-state index contributed by atoms with van der Waals surface area (Å²) in [4.78, 5) is 19.1. The number of nitrogens with one attached hydrogen (secondary N) is 1. The molecule has 1 atom stereocenters. The van der Waals surface area contributed by atoms with Gasteiger partial charge in [0.25, 0.3) is 5.91 Å². The first-order valence-electron chi connectivity index (χ1n) is 8.28. The topological polar surface area (TPSA) is 50.2 Å². The minimum absolute atomic E-state index is 0.103. The van der Waals surface area contributed by atoms with Crippen LogP contribution in [-0.2, 0) is 0 Å². The summed E-state index contributed by atoms with van der Waals surface area (Å²) in [7, 11) is 0. The fraction of sp³-hybridized carbons (Fsp3) is 0.263. The van der Waals surface area contributed by atoms with Gasteiger partial charge >= 0.3 is 0 Å². The van der Waals surface area contributed by atoms with Gasteiger partial charge in [-0.25, -0.2) is 4.98 Å². The van der Waals surface area contributed by atoms with Crippen LogP contribution in [0.4, 0.5) is 0 Å². The molecule has 1 fully saturated rings. The van der Waals surface area contributed by atoms with Crippen molar-refractivity contribution in [2.75, 3.05) is 19.6 Å². The van der Waals surface area contributed by atoms with Gasteiger partial charge in [-0.3, -0.25) is 9.36 Å². The number of piperazine rings is 1. The molecule has 0 spiro atoms. The smallest absolute Gasteiger partial charge is 0.254 e. The molecule has 1 aliphatic heterocycles. The zero-order chi connectivity index (χ0) is 16.5. The largest absolute Gasteiger partial charge is 0.333 e. The van der Waals surface area contributed by atoms with Crippen LogP contribution < -0.4 is 5.32 Å². The number of nitrogens with zero attached hydrogens (tertiary/aromatic N) is 3. The Bertz CT molecular complexity index is 868. The fourth-order valence-electron chi connectivity index (χ4n) is 3.24. The number of aromatic nitrogens is 2. The number of hydrogen-bond donors (Lipinski definition) is 1. The number of rotatable bonds is 2. The first-order valence-corrected chi connectivity index (χ1v) is 8.28. The molecule has 24 heavy (non-hydrogen) atoms. The second kappa shape index (κ2) is 6.09. The number of para-hydroxylation sites is 2. The van der Waals surface area contributed by atoms with Gasteiger partial charge in [0.2, 0.25) is 0 Å². The minimum Gasteiger partial charge on any atom is -0.333 e. The normalized spacial score (nSPS) is 18.0. The SMILES string of the molecule is C[C@@H]1CNCCN1C(=O)c1ccc(-n2cnc3ccccc32)cc1. The molecule has 2 heterocycles. The van der Waals surface area contributed by atoms with Gasteiger partial charge in [0.05, 0.1) is 11.0 Å². The average Bonchev–Trinajstić information content (AvgIpc) is 3.06. The minimum atomic E-state index is 0.103. The molecule has 0 bridgehead atoms. The van der Waals surface area contributed by atoms with E-state index in [1.165, 1.54) is 0 Å². The van der Waals surface area contributed by atoms with Crippen molar-refractivity contribution < 1.29 is 4.79 Å². The number of imidazole rings is 1. The second-order valence-corrected chi connectivity index (χ2v) is 6.20. The van der Waals surface area contributed by atoms with Gasteiger partial charge in [-0.1, -0.05) is 12.1 Å². The third-order valence-corrected chi connectivity index (χ3v) is 4.61. The monoisotopic (exact) mass is 320 g/mol. The third kappa shape index (κ3) is 2.57. The van der Waals surface area contributed by atoms with Crippen molar-refractivity contribution in [3.63, 3.8) is 0 Å². The molecule has 1 aliphatic rings. The summed E-state index contributed by atoms with van der Waals surface area (Å²) in [5.74, 6) is 0.103. The molecule has 1 saturated heterocycles. The van der Waals surface area contributed by atoms with Gasteiger partial charge in [0.1, 0.15) is 6.33 Å². The number of amides is 1. The lowest BCUT2D eigenvalue weighted by Gasteiger charge is -2.34. The third-order valence-electron chi connectivity index (χ3n) is 4.61. The highest BCUT2D eigenvalue weighted by Crippen LogP contribution is 2.19. The van der Waals surface area contributed by atoms with Crippen molar-refractivity contribution in [2.45, 2.75) is 13.0 Å². The summed E-state index contributed by atoms with van der Waals surface area (Å²) in [6.07, 6.45) is 1.82. The van der Waals surface area contributed by atoms with Crippen LogP contribution in [0.5, 0.6) is 0 Å². The zero-order valence-corrected chi connectivity index (χ0v) is 13.6. The van der Waals surface area contributed by atoms with Crippen molar-refractivity contribution >= 4 is 16.9 Å². The van der Waals surface area contributed by atoms with E-state index in [-0.39, 0.29) is 11.9 Å². The van der Waals surface area contributed by atoms with Crippen LogP contribution in [0.2, 0.25) is 0 Å². The van der Waals surface area contributed by atoms with E-state index >= 15 is 0 Å². The van der Waals surface area contributed by atoms with Gasteiger partial charge < -0.3 is 10.2 Å². The Balaban J connectivity index is 1.62. The number of carbonyl (C=O) groups is 1. The van der Waals surface area contributed by atoms with Crippen molar-refractivity contribution in [3.8, 4) is 5.69 Å². The lowest BCUT2D eigenvalue weighted by atomic mass is 10.1. The first-order chi connectivity index (χ1) is 11.7. The van der Waals surface area contributed by atoms with E-state index in [1.807, 2.05) is 64.3 Å². The molecule has 3 aromatic rings. The molecule has 0 unspecified atom stereocenters. The molecule has 5 heteroatoms. The van der Waals surface area contributed by atoms with E-state index in [4.69, 9.17) is 0 Å². The molecule has 2 aromatic carbocycles. The van der Waals surface area contributed by atoms with Gasteiger partial charge in [-0.15, -0.1) is 0 Å². The summed E-state index contributed by atoms with van der Waals surface area (Å²) < 4.78 is 2.04. The van der Waals surface area contributed by atoms with Crippen LogP contribution >= 0.6 is 0 Å². The Labute approximate surface area is 140 Å². The molecule has 0 aliphatic carbocycles. The Morgan fingerprint density at radius 2 is 1.96 bits per heavy atom. The predicted molar refractivity (Wildman–Crippen MR) is 94.4 cm³/mol. The van der Waals surface area contributed by atoms with Crippen molar-refractivity contribution in [3.05, 3.63) is 60.4 Å². The Kier molecular flexibility index (Phi) is 3.78. The summed E-state index contributed by atoms with van der Waals surface area (Å²) in [6.45, 7) is 4.55. The van der Waals surface area contributed by atoms with E-state index in [0.29, 0.717) is 0 Å². The van der Waals surface area contributed by atoms with Crippen LogP contribution in [0, 0.1) is 0 Å². The van der Waals surface area contributed by atoms with Crippen LogP contribution in [0.25, 0.3) is 16.7 Å².